The zero-order valence-corrected chi connectivity index (χ0v) is 12.8. The van der Waals surface area contributed by atoms with Crippen LogP contribution >= 0.6 is 0 Å². The first-order chi connectivity index (χ1) is 11.8. The van der Waals surface area contributed by atoms with Gasteiger partial charge in [-0.25, -0.2) is 9.97 Å². The summed E-state index contributed by atoms with van der Waals surface area (Å²) in [6.07, 6.45) is 6.82. The molecule has 0 aliphatic carbocycles. The van der Waals surface area contributed by atoms with E-state index in [-0.39, 0.29) is 5.91 Å². The number of hydrogen-bond donors (Lipinski definition) is 1. The predicted molar refractivity (Wildman–Crippen MR) is 93.3 cm³/mol. The molecule has 2 heterocycles. The Morgan fingerprint density at radius 1 is 1.00 bits per heavy atom. The lowest BCUT2D eigenvalue weighted by Gasteiger charge is -2.08. The Morgan fingerprint density at radius 2 is 1.88 bits per heavy atom. The number of pyridine rings is 1. The lowest BCUT2D eigenvalue weighted by Crippen LogP contribution is -2.12. The number of carbonyl (C=O) groups excluding carboxylic acids is 1. The van der Waals surface area contributed by atoms with Crippen molar-refractivity contribution in [3.05, 3.63) is 85.1 Å². The minimum absolute atomic E-state index is 0.149. The highest BCUT2D eigenvalue weighted by Crippen LogP contribution is 2.20. The van der Waals surface area contributed by atoms with Crippen molar-refractivity contribution < 1.29 is 4.79 Å². The molecule has 0 atom stereocenters. The van der Waals surface area contributed by atoms with Gasteiger partial charge in [0.1, 0.15) is 12.1 Å². The summed E-state index contributed by atoms with van der Waals surface area (Å²) in [6.45, 7) is 0. The topological polar surface area (TPSA) is 59.8 Å². The van der Waals surface area contributed by atoms with E-state index in [1.165, 1.54) is 0 Å². The molecule has 116 valence electrons. The van der Waals surface area contributed by atoms with Crippen LogP contribution in [0.1, 0.15) is 10.4 Å². The Balaban J connectivity index is 1.59. The molecule has 0 saturated heterocycles. The summed E-state index contributed by atoms with van der Waals surface area (Å²) in [4.78, 5) is 20.9. The van der Waals surface area contributed by atoms with Gasteiger partial charge in [-0.2, -0.15) is 0 Å². The first kappa shape index (κ1) is 14.1. The SMILES string of the molecule is O=C(Nc1ccc(-n2ccnc2)nc1)c1cccc2ccccc12. The predicted octanol–water partition coefficient (Wildman–Crippen LogP) is 3.67. The molecule has 2 aromatic heterocycles. The van der Waals surface area contributed by atoms with E-state index >= 15 is 0 Å². The van der Waals surface area contributed by atoms with Crippen LogP contribution in [0.4, 0.5) is 5.69 Å². The fraction of sp³-hybridized carbons (Fsp3) is 0. The molecule has 5 nitrogen and oxygen atoms in total. The van der Waals surface area contributed by atoms with Crippen molar-refractivity contribution in [1.29, 1.82) is 0 Å². The molecule has 0 bridgehead atoms. The van der Waals surface area contributed by atoms with E-state index in [0.29, 0.717) is 11.3 Å². The number of hydrogen-bond acceptors (Lipinski definition) is 3. The third-order valence-corrected chi connectivity index (χ3v) is 3.81. The van der Waals surface area contributed by atoms with Crippen LogP contribution in [-0.4, -0.2) is 20.4 Å². The fourth-order valence-corrected chi connectivity index (χ4v) is 2.63. The van der Waals surface area contributed by atoms with E-state index in [1.807, 2.05) is 60.8 Å². The lowest BCUT2D eigenvalue weighted by atomic mass is 10.0. The molecule has 0 saturated carbocycles. The molecule has 1 amide bonds. The van der Waals surface area contributed by atoms with Crippen LogP contribution in [0.5, 0.6) is 0 Å². The van der Waals surface area contributed by atoms with E-state index in [9.17, 15) is 4.79 Å². The third-order valence-electron chi connectivity index (χ3n) is 3.81. The van der Waals surface area contributed by atoms with Gasteiger partial charge in [0.2, 0.25) is 0 Å². The van der Waals surface area contributed by atoms with Crippen LogP contribution in [0.15, 0.2) is 79.5 Å². The van der Waals surface area contributed by atoms with Crippen molar-refractivity contribution in [3.63, 3.8) is 0 Å². The van der Waals surface area contributed by atoms with Gasteiger partial charge in [0.05, 0.1) is 11.9 Å². The maximum Gasteiger partial charge on any atom is 0.256 e. The maximum absolute atomic E-state index is 12.6. The minimum atomic E-state index is -0.149. The summed E-state index contributed by atoms with van der Waals surface area (Å²) in [5.41, 5.74) is 1.29. The van der Waals surface area contributed by atoms with Crippen molar-refractivity contribution >= 4 is 22.4 Å². The summed E-state index contributed by atoms with van der Waals surface area (Å²) < 4.78 is 1.80. The Hall–Kier alpha value is -3.47. The first-order valence-electron chi connectivity index (χ1n) is 7.55. The average Bonchev–Trinajstić information content (AvgIpc) is 3.16. The highest BCUT2D eigenvalue weighted by atomic mass is 16.1. The molecule has 1 N–H and O–H groups in total. The monoisotopic (exact) mass is 314 g/mol. The van der Waals surface area contributed by atoms with E-state index < -0.39 is 0 Å². The van der Waals surface area contributed by atoms with Gasteiger partial charge >= 0.3 is 0 Å². The van der Waals surface area contributed by atoms with Gasteiger partial charge in [0.25, 0.3) is 5.91 Å². The molecular weight excluding hydrogens is 300 g/mol. The number of nitrogens with zero attached hydrogens (tertiary/aromatic N) is 3. The molecule has 0 fully saturated rings. The molecule has 24 heavy (non-hydrogen) atoms. The van der Waals surface area contributed by atoms with Crippen LogP contribution in [-0.2, 0) is 0 Å². The summed E-state index contributed by atoms with van der Waals surface area (Å²) in [5.74, 6) is 0.597. The molecule has 0 aliphatic rings. The number of benzene rings is 2. The van der Waals surface area contributed by atoms with Gasteiger partial charge in [-0.3, -0.25) is 9.36 Å². The zero-order chi connectivity index (χ0) is 16.4. The quantitative estimate of drug-likeness (QED) is 0.627. The number of fused-ring (bicyclic) bond motifs is 1. The Morgan fingerprint density at radius 3 is 2.67 bits per heavy atom. The largest absolute Gasteiger partial charge is 0.321 e. The van der Waals surface area contributed by atoms with Gasteiger partial charge in [0.15, 0.2) is 0 Å². The number of aromatic nitrogens is 3. The van der Waals surface area contributed by atoms with Gasteiger partial charge in [-0.05, 0) is 29.0 Å². The summed E-state index contributed by atoms with van der Waals surface area (Å²) in [5, 5.41) is 4.87. The molecular formula is C19H14N4O. The zero-order valence-electron chi connectivity index (χ0n) is 12.8. The van der Waals surface area contributed by atoms with Crippen LogP contribution in [0, 0.1) is 0 Å². The molecule has 0 unspecified atom stereocenters. The molecule has 4 aromatic rings. The lowest BCUT2D eigenvalue weighted by molar-refractivity contribution is 0.102. The Bertz CT molecular complexity index is 986. The number of carbonyl (C=O) groups is 1. The highest BCUT2D eigenvalue weighted by Gasteiger charge is 2.10. The highest BCUT2D eigenvalue weighted by molar-refractivity contribution is 6.12. The summed E-state index contributed by atoms with van der Waals surface area (Å²) in [7, 11) is 0. The van der Waals surface area contributed by atoms with Gasteiger partial charge in [-0.1, -0.05) is 36.4 Å². The van der Waals surface area contributed by atoms with Crippen LogP contribution in [0.2, 0.25) is 0 Å². The molecule has 2 aromatic carbocycles. The summed E-state index contributed by atoms with van der Waals surface area (Å²) in [6, 6.07) is 17.2. The van der Waals surface area contributed by atoms with Crippen molar-refractivity contribution in [2.45, 2.75) is 0 Å². The van der Waals surface area contributed by atoms with Crippen molar-refractivity contribution in [2.24, 2.45) is 0 Å². The average molecular weight is 314 g/mol. The number of anilines is 1. The smallest absolute Gasteiger partial charge is 0.256 e. The number of imidazole rings is 1. The van der Waals surface area contributed by atoms with E-state index in [1.54, 1.807) is 23.3 Å². The molecule has 0 spiro atoms. The fourth-order valence-electron chi connectivity index (χ4n) is 2.63. The first-order valence-corrected chi connectivity index (χ1v) is 7.55. The molecule has 0 radical (unpaired) electrons. The second-order valence-corrected chi connectivity index (χ2v) is 5.36. The maximum atomic E-state index is 12.6. The van der Waals surface area contributed by atoms with Crippen LogP contribution in [0.3, 0.4) is 0 Å². The summed E-state index contributed by atoms with van der Waals surface area (Å²) >= 11 is 0. The minimum Gasteiger partial charge on any atom is -0.321 e. The van der Waals surface area contributed by atoms with Gasteiger partial charge < -0.3 is 5.32 Å². The molecule has 4 rings (SSSR count). The third kappa shape index (κ3) is 2.63. The Kier molecular flexibility index (Phi) is 3.51. The standard InChI is InChI=1S/C19H14N4O/c24-19(17-7-3-5-14-4-1-2-6-16(14)17)22-15-8-9-18(21-12-15)23-11-10-20-13-23/h1-13H,(H,22,24). The van der Waals surface area contributed by atoms with Crippen LogP contribution in [0.25, 0.3) is 16.6 Å². The number of nitrogens with one attached hydrogen (secondary N) is 1. The van der Waals surface area contributed by atoms with Crippen molar-refractivity contribution in [1.82, 2.24) is 14.5 Å². The number of amides is 1. The molecule has 5 heteroatoms. The van der Waals surface area contributed by atoms with E-state index in [0.717, 1.165) is 16.6 Å². The van der Waals surface area contributed by atoms with Crippen LogP contribution < -0.4 is 5.32 Å². The second kappa shape index (κ2) is 5.96. The van der Waals surface area contributed by atoms with Crippen molar-refractivity contribution in [3.8, 4) is 5.82 Å². The number of rotatable bonds is 3. The van der Waals surface area contributed by atoms with Gasteiger partial charge in [-0.15, -0.1) is 0 Å². The molecule has 0 aliphatic heterocycles. The van der Waals surface area contributed by atoms with Crippen molar-refractivity contribution in [2.75, 3.05) is 5.32 Å². The second-order valence-electron chi connectivity index (χ2n) is 5.36. The van der Waals surface area contributed by atoms with E-state index in [2.05, 4.69) is 15.3 Å². The Labute approximate surface area is 138 Å². The van der Waals surface area contributed by atoms with Gasteiger partial charge in [0, 0.05) is 18.0 Å². The normalized spacial score (nSPS) is 10.7. The van der Waals surface area contributed by atoms with E-state index in [4.69, 9.17) is 0 Å².